The van der Waals surface area contributed by atoms with Crippen LogP contribution in [0.4, 0.5) is 0 Å². The normalized spacial score (nSPS) is 14.2. The Bertz CT molecular complexity index is 454. The number of carbonyl (C=O) groups is 1. The van der Waals surface area contributed by atoms with Gasteiger partial charge in [0.15, 0.2) is 5.78 Å². The first kappa shape index (κ1) is 14.4. The minimum Gasteiger partial charge on any atom is -0.298 e. The molecule has 0 saturated carbocycles. The number of hydrogen-bond acceptors (Lipinski definition) is 3. The molecule has 0 saturated heterocycles. The molecular formula is C14H21N3O. The molecule has 1 aromatic heterocycles. The molecule has 0 aliphatic heterocycles. The number of rotatable bonds is 6. The number of hydrogen-bond donors (Lipinski definition) is 0. The van der Waals surface area contributed by atoms with E-state index in [-0.39, 0.29) is 11.7 Å². The van der Waals surface area contributed by atoms with Gasteiger partial charge in [-0.05, 0) is 25.8 Å². The maximum Gasteiger partial charge on any atom is 0.156 e. The molecule has 0 amide bonds. The molecule has 98 valence electrons. The average Bonchev–Trinajstić information content (AvgIpc) is 2.76. The largest absolute Gasteiger partial charge is 0.298 e. The molecule has 4 heteroatoms. The number of nitrogens with zero attached hydrogens (tertiary/aromatic N) is 3. The summed E-state index contributed by atoms with van der Waals surface area (Å²) in [4.78, 5) is 12.4. The summed E-state index contributed by atoms with van der Waals surface area (Å²) >= 11 is 0. The van der Waals surface area contributed by atoms with Gasteiger partial charge in [-0.15, -0.1) is 0 Å². The van der Waals surface area contributed by atoms with E-state index in [4.69, 9.17) is 0 Å². The van der Waals surface area contributed by atoms with Crippen molar-refractivity contribution in [3.8, 4) is 6.07 Å². The lowest BCUT2D eigenvalue weighted by molar-refractivity contribution is -0.129. The van der Waals surface area contributed by atoms with E-state index in [0.29, 0.717) is 6.42 Å². The van der Waals surface area contributed by atoms with E-state index in [1.54, 1.807) is 17.8 Å². The number of Topliss-reactive ketones (excluding diaryl/α,β-unsaturated/α-hetero) is 1. The minimum atomic E-state index is -0.954. The van der Waals surface area contributed by atoms with Crippen molar-refractivity contribution in [1.29, 1.82) is 5.26 Å². The van der Waals surface area contributed by atoms with Crippen molar-refractivity contribution in [3.63, 3.8) is 0 Å². The van der Waals surface area contributed by atoms with Crippen LogP contribution in [0.15, 0.2) is 12.3 Å². The van der Waals surface area contributed by atoms with E-state index in [2.05, 4.69) is 11.2 Å². The molecule has 1 aromatic rings. The Morgan fingerprint density at radius 1 is 1.56 bits per heavy atom. The fourth-order valence-electron chi connectivity index (χ4n) is 2.23. The topological polar surface area (TPSA) is 58.7 Å². The molecule has 18 heavy (non-hydrogen) atoms. The van der Waals surface area contributed by atoms with Crippen LogP contribution in [-0.2, 0) is 18.3 Å². The number of carbonyl (C=O) groups excluding carboxylic acids is 1. The summed E-state index contributed by atoms with van der Waals surface area (Å²) in [6.07, 6.45) is 3.69. The maximum atomic E-state index is 12.4. The highest BCUT2D eigenvalue weighted by Crippen LogP contribution is 2.28. The van der Waals surface area contributed by atoms with Crippen LogP contribution in [0.25, 0.3) is 0 Å². The summed E-state index contributed by atoms with van der Waals surface area (Å²) in [5, 5.41) is 13.5. The molecule has 4 nitrogen and oxygen atoms in total. The van der Waals surface area contributed by atoms with E-state index in [1.165, 1.54) is 0 Å². The quantitative estimate of drug-likeness (QED) is 0.776. The molecule has 0 aromatic carbocycles. The van der Waals surface area contributed by atoms with Crippen molar-refractivity contribution < 1.29 is 4.79 Å². The lowest BCUT2D eigenvalue weighted by Crippen LogP contribution is -2.34. The van der Waals surface area contributed by atoms with Crippen LogP contribution in [0.3, 0.4) is 0 Å². The van der Waals surface area contributed by atoms with Crippen LogP contribution in [0.1, 0.15) is 39.3 Å². The van der Waals surface area contributed by atoms with Gasteiger partial charge in [0.2, 0.25) is 0 Å². The second-order valence-electron chi connectivity index (χ2n) is 4.94. The van der Waals surface area contributed by atoms with Gasteiger partial charge in [-0.3, -0.25) is 9.48 Å². The van der Waals surface area contributed by atoms with Crippen LogP contribution in [0, 0.1) is 22.7 Å². The monoisotopic (exact) mass is 247 g/mol. The molecule has 1 heterocycles. The zero-order valence-electron chi connectivity index (χ0n) is 11.6. The summed E-state index contributed by atoms with van der Waals surface area (Å²) in [7, 11) is 1.83. The third-order valence-electron chi connectivity index (χ3n) is 3.60. The van der Waals surface area contributed by atoms with Crippen molar-refractivity contribution >= 4 is 5.78 Å². The first-order valence-electron chi connectivity index (χ1n) is 6.41. The Hall–Kier alpha value is -1.63. The second-order valence-corrected chi connectivity index (χ2v) is 4.94. The third-order valence-corrected chi connectivity index (χ3v) is 3.60. The molecule has 0 N–H and O–H groups in total. The summed E-state index contributed by atoms with van der Waals surface area (Å²) in [5.41, 5.74) is -0.0387. The van der Waals surface area contributed by atoms with Crippen LogP contribution in [0.5, 0.6) is 0 Å². The van der Waals surface area contributed by atoms with E-state index in [0.717, 1.165) is 18.5 Å². The van der Waals surface area contributed by atoms with Gasteiger partial charge in [-0.1, -0.05) is 13.8 Å². The molecule has 0 fully saturated rings. The highest BCUT2D eigenvalue weighted by atomic mass is 16.1. The molecule has 1 atom stereocenters. The SMILES string of the molecule is CCC(CC)C(=O)C(C)(C#N)Cc1ccnn1C. The number of nitriles is 1. The van der Waals surface area contributed by atoms with Gasteiger partial charge in [-0.25, -0.2) is 0 Å². The summed E-state index contributed by atoms with van der Waals surface area (Å²) in [6.45, 7) is 5.72. The first-order valence-corrected chi connectivity index (χ1v) is 6.41. The molecular weight excluding hydrogens is 226 g/mol. The maximum absolute atomic E-state index is 12.4. The van der Waals surface area contributed by atoms with E-state index in [9.17, 15) is 10.1 Å². The Balaban J connectivity index is 2.96. The van der Waals surface area contributed by atoms with Crippen LogP contribution >= 0.6 is 0 Å². The average molecular weight is 247 g/mol. The molecule has 0 bridgehead atoms. The van der Waals surface area contributed by atoms with Crippen LogP contribution in [-0.4, -0.2) is 15.6 Å². The van der Waals surface area contributed by atoms with Gasteiger partial charge in [0.05, 0.1) is 6.07 Å². The number of aryl methyl sites for hydroxylation is 1. The summed E-state index contributed by atoms with van der Waals surface area (Å²) < 4.78 is 1.72. The Kier molecular flexibility index (Phi) is 4.66. The van der Waals surface area contributed by atoms with Crippen molar-refractivity contribution in [2.75, 3.05) is 0 Å². The first-order chi connectivity index (χ1) is 8.48. The van der Waals surface area contributed by atoms with Crippen LogP contribution < -0.4 is 0 Å². The van der Waals surface area contributed by atoms with Crippen LogP contribution in [0.2, 0.25) is 0 Å². The smallest absolute Gasteiger partial charge is 0.156 e. The Morgan fingerprint density at radius 3 is 2.56 bits per heavy atom. The number of ketones is 1. The lowest BCUT2D eigenvalue weighted by atomic mass is 9.75. The molecule has 0 aliphatic rings. The van der Waals surface area contributed by atoms with Gasteiger partial charge >= 0.3 is 0 Å². The molecule has 1 unspecified atom stereocenters. The second kappa shape index (κ2) is 5.81. The fraction of sp³-hybridized carbons (Fsp3) is 0.643. The Labute approximate surface area is 109 Å². The summed E-state index contributed by atoms with van der Waals surface area (Å²) in [6, 6.07) is 4.06. The van der Waals surface area contributed by atoms with Crippen molar-refractivity contribution in [2.45, 2.75) is 40.0 Å². The standard InChI is InChI=1S/C14H21N3O/c1-5-11(6-2)13(18)14(3,10-15)9-12-7-8-16-17(12)4/h7-8,11H,5-6,9H2,1-4H3. The Morgan fingerprint density at radius 2 is 2.17 bits per heavy atom. The molecule has 0 spiro atoms. The van der Waals surface area contributed by atoms with Gasteiger partial charge in [0.1, 0.15) is 5.41 Å². The van der Waals surface area contributed by atoms with Gasteiger partial charge < -0.3 is 0 Å². The molecule has 1 rings (SSSR count). The zero-order valence-corrected chi connectivity index (χ0v) is 11.6. The van der Waals surface area contributed by atoms with E-state index >= 15 is 0 Å². The highest BCUT2D eigenvalue weighted by Gasteiger charge is 2.37. The van der Waals surface area contributed by atoms with E-state index < -0.39 is 5.41 Å². The third kappa shape index (κ3) is 2.79. The highest BCUT2D eigenvalue weighted by molar-refractivity contribution is 5.89. The molecule has 0 aliphatic carbocycles. The number of aromatic nitrogens is 2. The minimum absolute atomic E-state index is 0.0251. The van der Waals surface area contributed by atoms with Crippen molar-refractivity contribution in [2.24, 2.45) is 18.4 Å². The van der Waals surface area contributed by atoms with Crippen molar-refractivity contribution in [1.82, 2.24) is 9.78 Å². The lowest BCUT2D eigenvalue weighted by Gasteiger charge is -2.24. The van der Waals surface area contributed by atoms with E-state index in [1.807, 2.05) is 27.0 Å². The van der Waals surface area contributed by atoms with Gasteiger partial charge in [-0.2, -0.15) is 10.4 Å². The predicted molar refractivity (Wildman–Crippen MR) is 69.7 cm³/mol. The fourth-order valence-corrected chi connectivity index (χ4v) is 2.23. The van der Waals surface area contributed by atoms with Gasteiger partial charge in [0, 0.05) is 31.3 Å². The zero-order chi connectivity index (χ0) is 13.8. The van der Waals surface area contributed by atoms with Gasteiger partial charge in [0.25, 0.3) is 0 Å². The summed E-state index contributed by atoms with van der Waals surface area (Å²) in [5.74, 6) is 0.0269. The predicted octanol–water partition coefficient (Wildman–Crippen LogP) is 2.50. The molecule has 0 radical (unpaired) electrons. The van der Waals surface area contributed by atoms with Crippen molar-refractivity contribution in [3.05, 3.63) is 18.0 Å².